The highest BCUT2D eigenvalue weighted by Crippen LogP contribution is 2.12. The Morgan fingerprint density at radius 3 is 2.83 bits per heavy atom. The average Bonchev–Trinajstić information content (AvgIpc) is 2.92. The number of carbonyl (C=O) groups is 1. The molecule has 1 amide bonds. The number of hydrogen-bond donors (Lipinski definition) is 1. The van der Waals surface area contributed by atoms with Gasteiger partial charge in [0.25, 0.3) is 5.91 Å². The van der Waals surface area contributed by atoms with Crippen LogP contribution in [-0.2, 0) is 20.1 Å². The molecule has 0 aliphatic carbocycles. The van der Waals surface area contributed by atoms with Crippen LogP contribution in [0.2, 0.25) is 5.02 Å². The lowest BCUT2D eigenvalue weighted by molar-refractivity contribution is 0.0945. The van der Waals surface area contributed by atoms with Gasteiger partial charge in [0.2, 0.25) is 0 Å². The van der Waals surface area contributed by atoms with Crippen LogP contribution in [0.1, 0.15) is 23.1 Å². The van der Waals surface area contributed by atoms with Crippen molar-refractivity contribution in [3.63, 3.8) is 0 Å². The Morgan fingerprint density at radius 2 is 2.28 bits per heavy atom. The Hall–Kier alpha value is -1.82. The summed E-state index contributed by atoms with van der Waals surface area (Å²) >= 11 is 5.88. The second-order valence-electron chi connectivity index (χ2n) is 3.84. The number of carbonyl (C=O) groups excluding carboxylic acids is 1. The smallest absolute Gasteiger partial charge is 0.273 e. The summed E-state index contributed by atoms with van der Waals surface area (Å²) in [5, 5.41) is 11.3. The summed E-state index contributed by atoms with van der Waals surface area (Å²) in [6, 6.07) is 1.86. The molecule has 0 spiro atoms. The monoisotopic (exact) mass is 267 g/mol. The molecule has 0 unspecified atom stereocenters. The lowest BCUT2D eigenvalue weighted by atomic mass is 10.4. The van der Waals surface area contributed by atoms with Gasteiger partial charge in [-0.1, -0.05) is 11.6 Å². The summed E-state index contributed by atoms with van der Waals surface area (Å²) in [5.41, 5.74) is 1.03. The van der Waals surface area contributed by atoms with Crippen molar-refractivity contribution >= 4 is 17.5 Å². The standard InChI is InChI=1S/C11H14ClN5O/c1-3-17-5-4-8(14-17)6-13-11(18)10-9(12)7-16(2)15-10/h4-5,7H,3,6H2,1-2H3,(H,13,18). The van der Waals surface area contributed by atoms with Crippen LogP contribution < -0.4 is 5.32 Å². The molecular formula is C11H14ClN5O. The molecule has 2 aromatic rings. The van der Waals surface area contributed by atoms with Gasteiger partial charge in [0.15, 0.2) is 5.69 Å². The fourth-order valence-corrected chi connectivity index (χ4v) is 1.81. The SMILES string of the molecule is CCn1ccc(CNC(=O)c2nn(C)cc2Cl)n1. The normalized spacial score (nSPS) is 10.6. The van der Waals surface area contributed by atoms with Crippen LogP contribution in [0.15, 0.2) is 18.5 Å². The second kappa shape index (κ2) is 5.22. The molecule has 0 bridgehead atoms. The van der Waals surface area contributed by atoms with Crippen molar-refractivity contribution in [3.05, 3.63) is 34.9 Å². The minimum atomic E-state index is -0.299. The first kappa shape index (κ1) is 12.6. The van der Waals surface area contributed by atoms with Gasteiger partial charge in [-0.3, -0.25) is 14.2 Å². The van der Waals surface area contributed by atoms with Gasteiger partial charge in [0.1, 0.15) is 0 Å². The quantitative estimate of drug-likeness (QED) is 0.906. The number of aromatic nitrogens is 4. The number of aryl methyl sites for hydroxylation is 2. The molecule has 0 atom stereocenters. The van der Waals surface area contributed by atoms with Crippen molar-refractivity contribution in [3.8, 4) is 0 Å². The molecule has 18 heavy (non-hydrogen) atoms. The topological polar surface area (TPSA) is 64.7 Å². The number of halogens is 1. The highest BCUT2D eigenvalue weighted by atomic mass is 35.5. The Morgan fingerprint density at radius 1 is 1.50 bits per heavy atom. The van der Waals surface area contributed by atoms with Crippen LogP contribution in [-0.4, -0.2) is 25.5 Å². The van der Waals surface area contributed by atoms with Crippen molar-refractivity contribution in [2.75, 3.05) is 0 Å². The predicted molar refractivity (Wildman–Crippen MR) is 67.3 cm³/mol. The number of amides is 1. The first-order valence-corrected chi connectivity index (χ1v) is 5.97. The molecule has 2 rings (SSSR count). The Balaban J connectivity index is 1.98. The van der Waals surface area contributed by atoms with Crippen LogP contribution in [0.4, 0.5) is 0 Å². The maximum atomic E-state index is 11.8. The lowest BCUT2D eigenvalue weighted by Crippen LogP contribution is -2.24. The lowest BCUT2D eigenvalue weighted by Gasteiger charge is -2.00. The van der Waals surface area contributed by atoms with E-state index in [1.807, 2.05) is 19.2 Å². The summed E-state index contributed by atoms with van der Waals surface area (Å²) in [6.45, 7) is 3.17. The van der Waals surface area contributed by atoms with Gasteiger partial charge in [-0.05, 0) is 13.0 Å². The average molecular weight is 268 g/mol. The number of rotatable bonds is 4. The molecule has 0 saturated heterocycles. The van der Waals surface area contributed by atoms with Crippen molar-refractivity contribution in [1.82, 2.24) is 24.9 Å². The third-order valence-corrected chi connectivity index (χ3v) is 2.73. The number of hydrogen-bond acceptors (Lipinski definition) is 3. The van der Waals surface area contributed by atoms with E-state index in [1.165, 1.54) is 4.68 Å². The van der Waals surface area contributed by atoms with Gasteiger partial charge >= 0.3 is 0 Å². The van der Waals surface area contributed by atoms with E-state index in [-0.39, 0.29) is 11.6 Å². The third-order valence-electron chi connectivity index (χ3n) is 2.45. The fourth-order valence-electron chi connectivity index (χ4n) is 1.54. The number of nitrogens with zero attached hydrogens (tertiary/aromatic N) is 4. The number of nitrogens with one attached hydrogen (secondary N) is 1. The zero-order valence-electron chi connectivity index (χ0n) is 10.2. The molecule has 1 N–H and O–H groups in total. The van der Waals surface area contributed by atoms with Crippen molar-refractivity contribution in [2.45, 2.75) is 20.0 Å². The Kier molecular flexibility index (Phi) is 3.66. The van der Waals surface area contributed by atoms with E-state index in [9.17, 15) is 4.79 Å². The van der Waals surface area contributed by atoms with Crippen molar-refractivity contribution in [1.29, 1.82) is 0 Å². The molecular weight excluding hydrogens is 254 g/mol. The van der Waals surface area contributed by atoms with Crippen LogP contribution in [0, 0.1) is 0 Å². The van der Waals surface area contributed by atoms with E-state index in [0.29, 0.717) is 11.6 Å². The van der Waals surface area contributed by atoms with Crippen molar-refractivity contribution < 1.29 is 4.79 Å². The van der Waals surface area contributed by atoms with Gasteiger partial charge in [-0.15, -0.1) is 0 Å². The molecule has 96 valence electrons. The molecule has 2 aromatic heterocycles. The molecule has 0 aliphatic heterocycles. The Labute approximate surface area is 110 Å². The summed E-state index contributed by atoms with van der Waals surface area (Å²) in [4.78, 5) is 11.8. The third kappa shape index (κ3) is 2.70. The van der Waals surface area contributed by atoms with E-state index in [4.69, 9.17) is 11.6 Å². The molecule has 2 heterocycles. The molecule has 0 aromatic carbocycles. The first-order valence-electron chi connectivity index (χ1n) is 5.60. The highest BCUT2D eigenvalue weighted by molar-refractivity contribution is 6.33. The zero-order valence-corrected chi connectivity index (χ0v) is 11.0. The van der Waals surface area contributed by atoms with Gasteiger partial charge in [0.05, 0.1) is 17.3 Å². The van der Waals surface area contributed by atoms with Gasteiger partial charge in [0, 0.05) is 26.0 Å². The minimum Gasteiger partial charge on any atom is -0.345 e. The molecule has 6 nitrogen and oxygen atoms in total. The second-order valence-corrected chi connectivity index (χ2v) is 4.25. The van der Waals surface area contributed by atoms with Crippen LogP contribution in [0.25, 0.3) is 0 Å². The largest absolute Gasteiger partial charge is 0.345 e. The van der Waals surface area contributed by atoms with Crippen LogP contribution >= 0.6 is 11.6 Å². The van der Waals surface area contributed by atoms with Crippen molar-refractivity contribution in [2.24, 2.45) is 7.05 Å². The van der Waals surface area contributed by atoms with E-state index < -0.39 is 0 Å². The van der Waals surface area contributed by atoms with Gasteiger partial charge < -0.3 is 5.32 Å². The summed E-state index contributed by atoms with van der Waals surface area (Å²) in [5.74, 6) is -0.299. The first-order chi connectivity index (χ1) is 8.60. The molecule has 7 heteroatoms. The van der Waals surface area contributed by atoms with Gasteiger partial charge in [-0.25, -0.2) is 0 Å². The van der Waals surface area contributed by atoms with Gasteiger partial charge in [-0.2, -0.15) is 10.2 Å². The minimum absolute atomic E-state index is 0.231. The van der Waals surface area contributed by atoms with E-state index in [0.717, 1.165) is 12.2 Å². The van der Waals surface area contributed by atoms with Crippen LogP contribution in [0.5, 0.6) is 0 Å². The fraction of sp³-hybridized carbons (Fsp3) is 0.364. The summed E-state index contributed by atoms with van der Waals surface area (Å²) in [7, 11) is 1.71. The predicted octanol–water partition coefficient (Wildman–Crippen LogP) is 1.22. The Bertz CT molecular complexity index is 560. The molecule has 0 fully saturated rings. The maximum absolute atomic E-state index is 11.8. The molecule has 0 radical (unpaired) electrons. The zero-order chi connectivity index (χ0) is 13.1. The molecule has 0 saturated carbocycles. The maximum Gasteiger partial charge on any atom is 0.273 e. The van der Waals surface area contributed by atoms with E-state index >= 15 is 0 Å². The molecule has 0 aliphatic rings. The van der Waals surface area contributed by atoms with E-state index in [1.54, 1.807) is 17.9 Å². The highest BCUT2D eigenvalue weighted by Gasteiger charge is 2.14. The summed E-state index contributed by atoms with van der Waals surface area (Å²) < 4.78 is 3.30. The van der Waals surface area contributed by atoms with E-state index in [2.05, 4.69) is 15.5 Å². The summed E-state index contributed by atoms with van der Waals surface area (Å²) in [6.07, 6.45) is 3.46. The van der Waals surface area contributed by atoms with Crippen LogP contribution in [0.3, 0.4) is 0 Å².